The Morgan fingerprint density at radius 3 is 2.42 bits per heavy atom. The third kappa shape index (κ3) is 3.44. The fraction of sp³-hybridized carbons (Fsp3) is 0.286. The number of carbonyl (C=O) groups excluding carboxylic acids is 1. The van der Waals surface area contributed by atoms with Crippen LogP contribution in [0.1, 0.15) is 36.8 Å². The first-order valence-electron chi connectivity index (χ1n) is 5.99. The number of aromatic amines is 1. The maximum absolute atomic E-state index is 12.0. The van der Waals surface area contributed by atoms with E-state index in [2.05, 4.69) is 52.2 Å². The second-order valence-electron chi connectivity index (χ2n) is 5.38. The van der Waals surface area contributed by atoms with Crippen molar-refractivity contribution in [3.05, 3.63) is 46.1 Å². The van der Waals surface area contributed by atoms with E-state index in [9.17, 15) is 4.79 Å². The van der Waals surface area contributed by atoms with Gasteiger partial charge in [-0.3, -0.25) is 9.89 Å². The van der Waals surface area contributed by atoms with Crippen LogP contribution >= 0.6 is 15.9 Å². The Morgan fingerprint density at radius 2 is 1.89 bits per heavy atom. The largest absolute Gasteiger partial charge is 0.305 e. The zero-order chi connectivity index (χ0) is 14.0. The minimum atomic E-state index is -0.167. The molecule has 1 heterocycles. The molecule has 1 amide bonds. The van der Waals surface area contributed by atoms with Gasteiger partial charge in [-0.15, -0.1) is 0 Å². The minimum Gasteiger partial charge on any atom is -0.305 e. The average molecular weight is 322 g/mol. The lowest BCUT2D eigenvalue weighted by atomic mass is 9.92. The highest BCUT2D eigenvalue weighted by Crippen LogP contribution is 2.22. The Balaban J connectivity index is 2.11. The first-order valence-corrected chi connectivity index (χ1v) is 6.78. The van der Waals surface area contributed by atoms with Gasteiger partial charge in [-0.2, -0.15) is 5.10 Å². The zero-order valence-corrected chi connectivity index (χ0v) is 12.7. The Morgan fingerprint density at radius 1 is 1.26 bits per heavy atom. The maximum atomic E-state index is 12.0. The molecule has 1 aromatic heterocycles. The van der Waals surface area contributed by atoms with Crippen molar-refractivity contribution in [1.82, 2.24) is 10.2 Å². The summed E-state index contributed by atoms with van der Waals surface area (Å²) in [6.07, 6.45) is 0. The van der Waals surface area contributed by atoms with Crippen molar-refractivity contribution >= 4 is 27.7 Å². The monoisotopic (exact) mass is 321 g/mol. The third-order valence-electron chi connectivity index (χ3n) is 2.73. The van der Waals surface area contributed by atoms with Crippen molar-refractivity contribution in [3.8, 4) is 0 Å². The number of benzene rings is 1. The van der Waals surface area contributed by atoms with Crippen LogP contribution in [0.4, 0.5) is 5.82 Å². The van der Waals surface area contributed by atoms with Crippen molar-refractivity contribution in [1.29, 1.82) is 0 Å². The van der Waals surface area contributed by atoms with Crippen LogP contribution in [0, 0.1) is 0 Å². The van der Waals surface area contributed by atoms with Crippen molar-refractivity contribution in [2.75, 3.05) is 5.32 Å². The highest BCUT2D eigenvalue weighted by atomic mass is 79.9. The molecule has 1 aromatic carbocycles. The number of aromatic nitrogens is 2. The summed E-state index contributed by atoms with van der Waals surface area (Å²) >= 11 is 3.34. The van der Waals surface area contributed by atoms with E-state index in [1.165, 1.54) is 0 Å². The SMILES string of the molecule is CC(C)(C)c1cc(NC(=O)c2ccc(Br)cc2)n[nH]1. The fourth-order valence-electron chi connectivity index (χ4n) is 1.56. The number of hydrogen-bond acceptors (Lipinski definition) is 2. The van der Waals surface area contributed by atoms with E-state index in [-0.39, 0.29) is 11.3 Å². The van der Waals surface area contributed by atoms with E-state index >= 15 is 0 Å². The second-order valence-corrected chi connectivity index (χ2v) is 6.29. The maximum Gasteiger partial charge on any atom is 0.256 e. The van der Waals surface area contributed by atoms with Gasteiger partial charge in [0.25, 0.3) is 5.91 Å². The number of carbonyl (C=O) groups is 1. The molecule has 0 spiro atoms. The van der Waals surface area contributed by atoms with Crippen LogP contribution in [-0.2, 0) is 5.41 Å². The standard InChI is InChI=1S/C14H16BrN3O/c1-14(2,3)11-8-12(18-17-11)16-13(19)9-4-6-10(15)7-5-9/h4-8H,1-3H3,(H2,16,17,18,19). The van der Waals surface area contributed by atoms with Crippen molar-refractivity contribution in [2.45, 2.75) is 26.2 Å². The van der Waals surface area contributed by atoms with Crippen molar-refractivity contribution in [2.24, 2.45) is 0 Å². The number of hydrogen-bond donors (Lipinski definition) is 2. The van der Waals surface area contributed by atoms with Gasteiger partial charge in [-0.1, -0.05) is 36.7 Å². The zero-order valence-electron chi connectivity index (χ0n) is 11.1. The number of nitrogens with one attached hydrogen (secondary N) is 2. The lowest BCUT2D eigenvalue weighted by molar-refractivity contribution is 0.102. The van der Waals surface area contributed by atoms with Gasteiger partial charge < -0.3 is 5.32 Å². The molecule has 0 fully saturated rings. The number of halogens is 1. The number of anilines is 1. The van der Waals surface area contributed by atoms with Crippen LogP contribution in [0.5, 0.6) is 0 Å². The highest BCUT2D eigenvalue weighted by Gasteiger charge is 2.17. The summed E-state index contributed by atoms with van der Waals surface area (Å²) < 4.78 is 0.943. The molecule has 2 rings (SSSR count). The van der Waals surface area contributed by atoms with Crippen LogP contribution < -0.4 is 5.32 Å². The van der Waals surface area contributed by atoms with Gasteiger partial charge >= 0.3 is 0 Å². The number of H-pyrrole nitrogens is 1. The first kappa shape index (κ1) is 13.8. The molecule has 2 aromatic rings. The van der Waals surface area contributed by atoms with Gasteiger partial charge in [-0.25, -0.2) is 0 Å². The predicted molar refractivity (Wildman–Crippen MR) is 79.4 cm³/mol. The molecule has 0 aliphatic rings. The lowest BCUT2D eigenvalue weighted by Crippen LogP contribution is -2.12. The molecule has 4 nitrogen and oxygen atoms in total. The lowest BCUT2D eigenvalue weighted by Gasteiger charge is -2.14. The molecular weight excluding hydrogens is 306 g/mol. The molecule has 0 atom stereocenters. The summed E-state index contributed by atoms with van der Waals surface area (Å²) in [5.41, 5.74) is 1.57. The van der Waals surface area contributed by atoms with Crippen LogP contribution in [-0.4, -0.2) is 16.1 Å². The van der Waals surface area contributed by atoms with E-state index in [1.54, 1.807) is 12.1 Å². The number of rotatable bonds is 2. The molecule has 5 heteroatoms. The Hall–Kier alpha value is -1.62. The Bertz CT molecular complexity index is 581. The molecule has 0 aliphatic carbocycles. The van der Waals surface area contributed by atoms with Crippen molar-refractivity contribution in [3.63, 3.8) is 0 Å². The van der Waals surface area contributed by atoms with Gasteiger partial charge in [0.2, 0.25) is 0 Å². The van der Waals surface area contributed by atoms with E-state index < -0.39 is 0 Å². The number of amides is 1. The molecule has 0 bridgehead atoms. The van der Waals surface area contributed by atoms with E-state index in [0.29, 0.717) is 11.4 Å². The summed E-state index contributed by atoms with van der Waals surface area (Å²) in [5, 5.41) is 9.81. The fourth-order valence-corrected chi connectivity index (χ4v) is 1.82. The molecule has 2 N–H and O–H groups in total. The summed E-state index contributed by atoms with van der Waals surface area (Å²) in [4.78, 5) is 12.0. The molecule has 0 saturated heterocycles. The molecule has 100 valence electrons. The van der Waals surface area contributed by atoms with Gasteiger partial charge in [0, 0.05) is 27.2 Å². The molecule has 0 saturated carbocycles. The third-order valence-corrected chi connectivity index (χ3v) is 3.26. The van der Waals surface area contributed by atoms with E-state index in [4.69, 9.17) is 0 Å². The van der Waals surface area contributed by atoms with E-state index in [0.717, 1.165) is 10.2 Å². The van der Waals surface area contributed by atoms with Gasteiger partial charge in [0.1, 0.15) is 0 Å². The van der Waals surface area contributed by atoms with Gasteiger partial charge in [-0.05, 0) is 24.3 Å². The normalized spacial score (nSPS) is 11.4. The summed E-state index contributed by atoms with van der Waals surface area (Å²) in [6.45, 7) is 6.25. The van der Waals surface area contributed by atoms with Gasteiger partial charge in [0.15, 0.2) is 5.82 Å². The average Bonchev–Trinajstić information content (AvgIpc) is 2.78. The Labute approximate surface area is 120 Å². The smallest absolute Gasteiger partial charge is 0.256 e. The van der Waals surface area contributed by atoms with Crippen molar-refractivity contribution < 1.29 is 4.79 Å². The van der Waals surface area contributed by atoms with Crippen LogP contribution in [0.3, 0.4) is 0 Å². The highest BCUT2D eigenvalue weighted by molar-refractivity contribution is 9.10. The molecular formula is C14H16BrN3O. The van der Waals surface area contributed by atoms with Crippen LogP contribution in [0.15, 0.2) is 34.8 Å². The Kier molecular flexibility index (Phi) is 3.75. The molecule has 0 unspecified atom stereocenters. The molecule has 19 heavy (non-hydrogen) atoms. The topological polar surface area (TPSA) is 57.8 Å². The van der Waals surface area contributed by atoms with Gasteiger partial charge in [0.05, 0.1) is 0 Å². The van der Waals surface area contributed by atoms with Crippen LogP contribution in [0.2, 0.25) is 0 Å². The quantitative estimate of drug-likeness (QED) is 0.885. The predicted octanol–water partition coefficient (Wildman–Crippen LogP) is 3.72. The summed E-state index contributed by atoms with van der Waals surface area (Å²) in [5.74, 6) is 0.373. The summed E-state index contributed by atoms with van der Waals surface area (Å²) in [7, 11) is 0. The summed E-state index contributed by atoms with van der Waals surface area (Å²) in [6, 6.07) is 9.05. The molecule has 0 radical (unpaired) electrons. The first-order chi connectivity index (χ1) is 8.86. The minimum absolute atomic E-state index is 0.0202. The van der Waals surface area contributed by atoms with Crippen LogP contribution in [0.25, 0.3) is 0 Å². The number of nitrogens with zero attached hydrogens (tertiary/aromatic N) is 1. The second kappa shape index (κ2) is 5.17. The van der Waals surface area contributed by atoms with E-state index in [1.807, 2.05) is 18.2 Å². The molecule has 0 aliphatic heterocycles.